The van der Waals surface area contributed by atoms with Crippen molar-refractivity contribution in [3.05, 3.63) is 24.2 Å². The van der Waals surface area contributed by atoms with Gasteiger partial charge >= 0.3 is 0 Å². The number of aliphatic hydroxyl groups is 1. The van der Waals surface area contributed by atoms with Crippen LogP contribution in [0.25, 0.3) is 0 Å². The molecule has 3 N–H and O–H groups in total. The van der Waals surface area contributed by atoms with Gasteiger partial charge in [-0.3, -0.25) is 4.99 Å². The van der Waals surface area contributed by atoms with Crippen molar-refractivity contribution in [1.82, 2.24) is 10.6 Å². The maximum atomic E-state index is 9.70. The monoisotopic (exact) mass is 347 g/mol. The van der Waals surface area contributed by atoms with Crippen molar-refractivity contribution in [2.75, 3.05) is 13.1 Å². The first kappa shape index (κ1) is 18.3. The Morgan fingerprint density at radius 1 is 1.12 bits per heavy atom. The van der Waals surface area contributed by atoms with E-state index in [0.29, 0.717) is 6.04 Å². The second-order valence-corrected chi connectivity index (χ2v) is 7.60. The number of rotatable bonds is 6. The van der Waals surface area contributed by atoms with E-state index in [2.05, 4.69) is 10.6 Å². The third-order valence-electron chi connectivity index (χ3n) is 5.51. The Balaban J connectivity index is 1.50. The molecule has 25 heavy (non-hydrogen) atoms. The molecule has 5 nitrogen and oxygen atoms in total. The molecule has 5 heteroatoms. The van der Waals surface area contributed by atoms with Crippen LogP contribution in [-0.4, -0.2) is 36.3 Å². The fourth-order valence-electron chi connectivity index (χ4n) is 3.92. The topological polar surface area (TPSA) is 69.8 Å². The van der Waals surface area contributed by atoms with Gasteiger partial charge in [0.05, 0.1) is 12.4 Å². The predicted octanol–water partition coefficient (Wildman–Crippen LogP) is 3.24. The highest BCUT2D eigenvalue weighted by atomic mass is 16.3. The number of aliphatic imine (C=N–C) groups is 1. The molecule has 2 aliphatic rings. The molecule has 1 aromatic rings. The highest BCUT2D eigenvalue weighted by molar-refractivity contribution is 5.80. The average molecular weight is 348 g/mol. The van der Waals surface area contributed by atoms with Crippen molar-refractivity contribution in [2.45, 2.75) is 76.4 Å². The van der Waals surface area contributed by atoms with Crippen molar-refractivity contribution in [1.29, 1.82) is 0 Å². The highest BCUT2D eigenvalue weighted by Crippen LogP contribution is 2.23. The fraction of sp³-hybridized carbons (Fsp3) is 0.750. The first-order valence-electron chi connectivity index (χ1n) is 10.0. The maximum absolute atomic E-state index is 9.70. The van der Waals surface area contributed by atoms with Gasteiger partial charge in [-0.2, -0.15) is 0 Å². The van der Waals surface area contributed by atoms with E-state index in [9.17, 15) is 5.11 Å². The Bertz CT molecular complexity index is 501. The van der Waals surface area contributed by atoms with Crippen LogP contribution in [0, 0.1) is 5.92 Å². The van der Waals surface area contributed by atoms with Gasteiger partial charge in [0.1, 0.15) is 5.76 Å². The maximum Gasteiger partial charge on any atom is 0.191 e. The Morgan fingerprint density at radius 3 is 2.64 bits per heavy atom. The number of nitrogens with zero attached hydrogens (tertiary/aromatic N) is 1. The molecule has 1 aromatic heterocycles. The van der Waals surface area contributed by atoms with E-state index in [4.69, 9.17) is 9.41 Å². The van der Waals surface area contributed by atoms with Crippen molar-refractivity contribution in [3.8, 4) is 0 Å². The Hall–Kier alpha value is -1.49. The largest absolute Gasteiger partial charge is 0.469 e. The summed E-state index contributed by atoms with van der Waals surface area (Å²) >= 11 is 0. The van der Waals surface area contributed by atoms with Gasteiger partial charge in [0.2, 0.25) is 0 Å². The second-order valence-electron chi connectivity index (χ2n) is 7.60. The molecule has 2 saturated carbocycles. The molecule has 2 aliphatic carbocycles. The molecule has 0 amide bonds. The average Bonchev–Trinajstić information content (AvgIpc) is 3.16. The normalized spacial score (nSPS) is 25.7. The molecular weight excluding hydrogens is 314 g/mol. The molecule has 1 heterocycles. The number of guanidine groups is 1. The van der Waals surface area contributed by atoms with Crippen LogP contribution < -0.4 is 10.6 Å². The standard InChI is InChI=1S/C20H33N3O2/c24-18-10-8-17(9-11-18)23-20(21-13-12-19-7-4-14-25-19)22-15-16-5-2-1-3-6-16/h4,7,14,16-18,24H,1-3,5-6,8-13,15H2,(H2,21,22,23). The van der Waals surface area contributed by atoms with Gasteiger partial charge in [-0.05, 0) is 56.6 Å². The number of nitrogens with one attached hydrogen (secondary N) is 2. The van der Waals surface area contributed by atoms with Crippen LogP contribution in [0.5, 0.6) is 0 Å². The SMILES string of the molecule is OC1CCC(NC(=NCC2CCCCC2)NCCc2ccco2)CC1. The third-order valence-corrected chi connectivity index (χ3v) is 5.51. The Labute approximate surface area is 151 Å². The number of hydrogen-bond donors (Lipinski definition) is 3. The summed E-state index contributed by atoms with van der Waals surface area (Å²) in [4.78, 5) is 4.88. The predicted molar refractivity (Wildman–Crippen MR) is 101 cm³/mol. The van der Waals surface area contributed by atoms with Gasteiger partial charge in [0.15, 0.2) is 5.96 Å². The van der Waals surface area contributed by atoms with E-state index in [-0.39, 0.29) is 6.10 Å². The molecule has 3 rings (SSSR count). The first-order chi connectivity index (χ1) is 12.3. The molecule has 0 atom stereocenters. The summed E-state index contributed by atoms with van der Waals surface area (Å²) in [6, 6.07) is 4.36. The zero-order valence-corrected chi connectivity index (χ0v) is 15.3. The van der Waals surface area contributed by atoms with E-state index in [0.717, 1.165) is 62.8 Å². The molecule has 0 spiro atoms. The number of aliphatic hydroxyl groups excluding tert-OH is 1. The first-order valence-corrected chi connectivity index (χ1v) is 10.0. The smallest absolute Gasteiger partial charge is 0.191 e. The van der Waals surface area contributed by atoms with Crippen LogP contribution in [0.3, 0.4) is 0 Å². The molecule has 0 saturated heterocycles. The van der Waals surface area contributed by atoms with Crippen LogP contribution in [0.1, 0.15) is 63.5 Å². The summed E-state index contributed by atoms with van der Waals surface area (Å²) in [6.07, 6.45) is 13.0. The second kappa shape index (κ2) is 9.85. The van der Waals surface area contributed by atoms with Gasteiger partial charge in [-0.1, -0.05) is 19.3 Å². The van der Waals surface area contributed by atoms with Crippen LogP contribution >= 0.6 is 0 Å². The van der Waals surface area contributed by atoms with E-state index < -0.39 is 0 Å². The van der Waals surface area contributed by atoms with Crippen LogP contribution in [0.4, 0.5) is 0 Å². The summed E-state index contributed by atoms with van der Waals surface area (Å²) in [5.41, 5.74) is 0. The van der Waals surface area contributed by atoms with Gasteiger partial charge < -0.3 is 20.2 Å². The molecule has 0 aromatic carbocycles. The van der Waals surface area contributed by atoms with Crippen LogP contribution in [0.2, 0.25) is 0 Å². The van der Waals surface area contributed by atoms with Gasteiger partial charge in [-0.25, -0.2) is 0 Å². The molecular formula is C20H33N3O2. The van der Waals surface area contributed by atoms with Gasteiger partial charge in [-0.15, -0.1) is 0 Å². The number of furan rings is 1. The fourth-order valence-corrected chi connectivity index (χ4v) is 3.92. The van der Waals surface area contributed by atoms with Crippen LogP contribution in [0.15, 0.2) is 27.8 Å². The van der Waals surface area contributed by atoms with Crippen LogP contribution in [-0.2, 0) is 6.42 Å². The lowest BCUT2D eigenvalue weighted by Gasteiger charge is -2.28. The Kier molecular flexibility index (Phi) is 7.22. The van der Waals surface area contributed by atoms with Gasteiger partial charge in [0, 0.05) is 25.6 Å². The lowest BCUT2D eigenvalue weighted by molar-refractivity contribution is 0.120. The summed E-state index contributed by atoms with van der Waals surface area (Å²) in [6.45, 7) is 1.74. The van der Waals surface area contributed by atoms with Gasteiger partial charge in [0.25, 0.3) is 0 Å². The highest BCUT2D eigenvalue weighted by Gasteiger charge is 2.20. The van der Waals surface area contributed by atoms with Crippen molar-refractivity contribution in [2.24, 2.45) is 10.9 Å². The Morgan fingerprint density at radius 2 is 1.92 bits per heavy atom. The molecule has 2 fully saturated rings. The molecule has 0 aliphatic heterocycles. The van der Waals surface area contributed by atoms with E-state index in [1.54, 1.807) is 6.26 Å². The van der Waals surface area contributed by atoms with Crippen molar-refractivity contribution < 1.29 is 9.52 Å². The minimum atomic E-state index is -0.118. The molecule has 140 valence electrons. The summed E-state index contributed by atoms with van der Waals surface area (Å²) < 4.78 is 5.40. The minimum absolute atomic E-state index is 0.118. The number of hydrogen-bond acceptors (Lipinski definition) is 3. The zero-order chi connectivity index (χ0) is 17.3. The zero-order valence-electron chi connectivity index (χ0n) is 15.3. The lowest BCUT2D eigenvalue weighted by atomic mass is 9.89. The minimum Gasteiger partial charge on any atom is -0.469 e. The molecule has 0 bridgehead atoms. The van der Waals surface area contributed by atoms with E-state index in [1.165, 1.54) is 32.1 Å². The molecule has 0 unspecified atom stereocenters. The van der Waals surface area contributed by atoms with Crippen molar-refractivity contribution in [3.63, 3.8) is 0 Å². The lowest BCUT2D eigenvalue weighted by Crippen LogP contribution is -2.46. The summed E-state index contributed by atoms with van der Waals surface area (Å²) in [5.74, 6) is 2.67. The summed E-state index contributed by atoms with van der Waals surface area (Å²) in [5, 5.41) is 16.8. The quantitative estimate of drug-likeness (QED) is 0.546. The van der Waals surface area contributed by atoms with E-state index >= 15 is 0 Å². The molecule has 0 radical (unpaired) electrons. The third kappa shape index (κ3) is 6.38. The summed E-state index contributed by atoms with van der Waals surface area (Å²) in [7, 11) is 0. The van der Waals surface area contributed by atoms with Crippen molar-refractivity contribution >= 4 is 5.96 Å². The van der Waals surface area contributed by atoms with E-state index in [1.807, 2.05) is 12.1 Å².